The fraction of sp³-hybridized carbons (Fsp3) is 0.667. The molecule has 180 valence electrons. The number of anilines is 1. The number of amides is 2. The summed E-state index contributed by atoms with van der Waals surface area (Å²) in [6.07, 6.45) is 6.26. The quantitative estimate of drug-likeness (QED) is 0.603. The van der Waals surface area contributed by atoms with Gasteiger partial charge in [-0.15, -0.1) is 11.3 Å². The number of carbonyl (C=O) groups excluding carboxylic acids is 4. The number of esters is 2. The fourth-order valence-electron chi connectivity index (χ4n) is 6.27. The van der Waals surface area contributed by atoms with E-state index in [1.54, 1.807) is 27.9 Å². The van der Waals surface area contributed by atoms with Gasteiger partial charge in [-0.25, -0.2) is 4.79 Å². The van der Waals surface area contributed by atoms with Gasteiger partial charge in [0.2, 0.25) is 0 Å². The molecule has 9 heteroatoms. The summed E-state index contributed by atoms with van der Waals surface area (Å²) in [5.41, 5.74) is 0.182. The molecule has 0 unspecified atom stereocenters. The van der Waals surface area contributed by atoms with Crippen LogP contribution in [0.4, 0.5) is 5.00 Å². The molecule has 0 spiro atoms. The van der Waals surface area contributed by atoms with Crippen molar-refractivity contribution in [2.75, 3.05) is 32.6 Å². The number of hydrogen-bond acceptors (Lipinski definition) is 7. The van der Waals surface area contributed by atoms with Crippen LogP contribution in [0.3, 0.4) is 0 Å². The molecule has 4 bridgehead atoms. The van der Waals surface area contributed by atoms with Gasteiger partial charge >= 0.3 is 11.9 Å². The minimum absolute atomic E-state index is 0.160. The summed E-state index contributed by atoms with van der Waals surface area (Å²) in [5.74, 6) is 0.128. The van der Waals surface area contributed by atoms with Crippen molar-refractivity contribution in [3.05, 3.63) is 16.0 Å². The molecule has 0 atom stereocenters. The average Bonchev–Trinajstić information content (AvgIpc) is 3.06. The predicted molar refractivity (Wildman–Crippen MR) is 123 cm³/mol. The lowest BCUT2D eigenvalue weighted by Crippen LogP contribution is -2.50. The highest BCUT2D eigenvalue weighted by atomic mass is 32.1. The molecule has 4 aliphatic rings. The van der Waals surface area contributed by atoms with Crippen LogP contribution in [0.1, 0.15) is 71.0 Å². The molecular weight excluding hydrogens is 444 g/mol. The van der Waals surface area contributed by atoms with E-state index in [0.717, 1.165) is 30.6 Å². The Balaban J connectivity index is 1.45. The van der Waals surface area contributed by atoms with Crippen LogP contribution in [-0.2, 0) is 19.1 Å². The maximum Gasteiger partial charge on any atom is 0.341 e. The van der Waals surface area contributed by atoms with Crippen LogP contribution < -0.4 is 5.32 Å². The van der Waals surface area contributed by atoms with Gasteiger partial charge in [0.25, 0.3) is 11.8 Å². The van der Waals surface area contributed by atoms with E-state index < -0.39 is 23.9 Å². The van der Waals surface area contributed by atoms with Crippen molar-refractivity contribution in [2.24, 2.45) is 23.2 Å². The average molecular weight is 477 g/mol. The molecule has 4 fully saturated rings. The zero-order valence-corrected chi connectivity index (χ0v) is 20.5. The lowest BCUT2D eigenvalue weighted by molar-refractivity contribution is -0.172. The normalized spacial score (nSPS) is 27.2. The second kappa shape index (κ2) is 9.08. The standard InChI is InChI=1S/C24H32N2O6S/c1-5-31-22(29)18-13(2)19(21(28)26(3)4)33-20(18)25-17(27)12-32-23(30)24-9-14-6-15(10-24)8-16(7-14)11-24/h14-16H,5-12H2,1-4H3,(H,25,27). The molecule has 1 heterocycles. The molecule has 2 amide bonds. The zero-order chi connectivity index (χ0) is 23.9. The predicted octanol–water partition coefficient (Wildman–Crippen LogP) is 3.63. The van der Waals surface area contributed by atoms with Crippen LogP contribution in [0.15, 0.2) is 0 Å². The van der Waals surface area contributed by atoms with Crippen molar-refractivity contribution in [2.45, 2.75) is 52.4 Å². The maximum absolute atomic E-state index is 13.0. The third-order valence-electron chi connectivity index (χ3n) is 7.29. The second-order valence-electron chi connectivity index (χ2n) is 10.0. The number of rotatable bonds is 7. The van der Waals surface area contributed by atoms with E-state index in [9.17, 15) is 19.2 Å². The van der Waals surface area contributed by atoms with Gasteiger partial charge in [-0.3, -0.25) is 14.4 Å². The molecule has 0 radical (unpaired) electrons. The molecule has 0 saturated heterocycles. The SMILES string of the molecule is CCOC(=O)c1c(NC(=O)COC(=O)C23CC4CC(CC(C4)C2)C3)sc(C(=O)N(C)C)c1C. The summed E-state index contributed by atoms with van der Waals surface area (Å²) in [5, 5.41) is 2.89. The van der Waals surface area contributed by atoms with Crippen molar-refractivity contribution >= 4 is 40.1 Å². The molecule has 8 nitrogen and oxygen atoms in total. The Bertz CT molecular complexity index is 947. The molecule has 1 N–H and O–H groups in total. The molecule has 0 aromatic carbocycles. The molecule has 1 aromatic rings. The van der Waals surface area contributed by atoms with Crippen LogP contribution in [-0.4, -0.2) is 56.0 Å². The van der Waals surface area contributed by atoms with Gasteiger partial charge in [0.15, 0.2) is 6.61 Å². The molecular formula is C24H32N2O6S. The van der Waals surface area contributed by atoms with Crippen molar-refractivity contribution in [3.8, 4) is 0 Å². The van der Waals surface area contributed by atoms with Crippen LogP contribution in [0.25, 0.3) is 0 Å². The van der Waals surface area contributed by atoms with Crippen LogP contribution in [0.2, 0.25) is 0 Å². The molecule has 1 aromatic heterocycles. The highest BCUT2D eigenvalue weighted by Crippen LogP contribution is 2.60. The maximum atomic E-state index is 13.0. The molecule has 0 aliphatic heterocycles. The lowest BCUT2D eigenvalue weighted by atomic mass is 9.49. The van der Waals surface area contributed by atoms with Gasteiger partial charge in [0.1, 0.15) is 5.00 Å². The monoisotopic (exact) mass is 476 g/mol. The number of nitrogens with one attached hydrogen (secondary N) is 1. The largest absolute Gasteiger partial charge is 0.462 e. The first-order valence-electron chi connectivity index (χ1n) is 11.6. The molecule has 5 rings (SSSR count). The summed E-state index contributed by atoms with van der Waals surface area (Å²) in [6, 6.07) is 0. The van der Waals surface area contributed by atoms with Gasteiger partial charge in [-0.05, 0) is 75.7 Å². The lowest BCUT2D eigenvalue weighted by Gasteiger charge is -2.55. The van der Waals surface area contributed by atoms with E-state index >= 15 is 0 Å². The first-order chi connectivity index (χ1) is 15.6. The number of carbonyl (C=O) groups is 4. The van der Waals surface area contributed by atoms with Crippen LogP contribution >= 0.6 is 11.3 Å². The number of nitrogens with zero attached hydrogens (tertiary/aromatic N) is 1. The molecule has 4 saturated carbocycles. The highest BCUT2D eigenvalue weighted by molar-refractivity contribution is 7.18. The van der Waals surface area contributed by atoms with Crippen molar-refractivity contribution in [1.82, 2.24) is 4.90 Å². The zero-order valence-electron chi connectivity index (χ0n) is 19.7. The van der Waals surface area contributed by atoms with Crippen molar-refractivity contribution in [3.63, 3.8) is 0 Å². The van der Waals surface area contributed by atoms with Gasteiger partial charge in [0.05, 0.1) is 22.5 Å². The second-order valence-corrected chi connectivity index (χ2v) is 11.0. The topological polar surface area (TPSA) is 102 Å². The van der Waals surface area contributed by atoms with Gasteiger partial charge in [-0.2, -0.15) is 0 Å². The number of ether oxygens (including phenoxy) is 2. The Labute approximate surface area is 198 Å². The fourth-order valence-corrected chi connectivity index (χ4v) is 7.50. The Morgan fingerprint density at radius 1 is 1.03 bits per heavy atom. The third kappa shape index (κ3) is 4.52. The Hall–Kier alpha value is -2.42. The smallest absolute Gasteiger partial charge is 0.341 e. The number of thiophene rings is 1. The third-order valence-corrected chi connectivity index (χ3v) is 8.48. The van der Waals surface area contributed by atoms with E-state index in [0.29, 0.717) is 28.2 Å². The summed E-state index contributed by atoms with van der Waals surface area (Å²) >= 11 is 1.02. The summed E-state index contributed by atoms with van der Waals surface area (Å²) < 4.78 is 10.6. The molecule has 33 heavy (non-hydrogen) atoms. The van der Waals surface area contributed by atoms with Gasteiger partial charge < -0.3 is 19.7 Å². The highest BCUT2D eigenvalue weighted by Gasteiger charge is 2.55. The van der Waals surface area contributed by atoms with E-state index in [1.165, 1.54) is 24.2 Å². The van der Waals surface area contributed by atoms with E-state index in [1.807, 2.05) is 0 Å². The summed E-state index contributed by atoms with van der Waals surface area (Å²) in [4.78, 5) is 52.5. The van der Waals surface area contributed by atoms with Crippen molar-refractivity contribution < 1.29 is 28.7 Å². The Morgan fingerprint density at radius 2 is 1.61 bits per heavy atom. The van der Waals surface area contributed by atoms with Crippen molar-refractivity contribution in [1.29, 1.82) is 0 Å². The van der Waals surface area contributed by atoms with E-state index in [-0.39, 0.29) is 29.0 Å². The van der Waals surface area contributed by atoms with Gasteiger partial charge in [-0.1, -0.05) is 0 Å². The van der Waals surface area contributed by atoms with Crippen LogP contribution in [0.5, 0.6) is 0 Å². The Morgan fingerprint density at radius 3 is 2.12 bits per heavy atom. The van der Waals surface area contributed by atoms with Gasteiger partial charge in [0, 0.05) is 14.1 Å². The minimum atomic E-state index is -0.607. The Kier molecular flexibility index (Phi) is 6.53. The summed E-state index contributed by atoms with van der Waals surface area (Å²) in [7, 11) is 3.24. The first kappa shape index (κ1) is 23.7. The minimum Gasteiger partial charge on any atom is -0.462 e. The molecule has 4 aliphatic carbocycles. The number of hydrogen-bond donors (Lipinski definition) is 1. The van der Waals surface area contributed by atoms with Crippen LogP contribution in [0, 0.1) is 30.1 Å². The summed E-state index contributed by atoms with van der Waals surface area (Å²) in [6.45, 7) is 3.09. The van der Waals surface area contributed by atoms with E-state index in [2.05, 4.69) is 5.32 Å². The van der Waals surface area contributed by atoms with E-state index in [4.69, 9.17) is 9.47 Å². The first-order valence-corrected chi connectivity index (χ1v) is 12.4.